The number of halogens is 1. The molecule has 0 aromatic heterocycles. The van der Waals surface area contributed by atoms with Crippen molar-refractivity contribution in [2.45, 2.75) is 51.7 Å². The first-order valence-electron chi connectivity index (χ1n) is 6.02. The van der Waals surface area contributed by atoms with Crippen LogP contribution in [0.3, 0.4) is 0 Å². The second kappa shape index (κ2) is 7.19. The van der Waals surface area contributed by atoms with Crippen LogP contribution in [0, 0.1) is 5.41 Å². The average molecular weight is 265 g/mol. The molecule has 0 radical (unpaired) electrons. The third-order valence-corrected chi connectivity index (χ3v) is 3.48. The number of rotatable bonds is 4. The van der Waals surface area contributed by atoms with Gasteiger partial charge in [0.15, 0.2) is 0 Å². The van der Waals surface area contributed by atoms with Gasteiger partial charge in [-0.15, -0.1) is 12.4 Å². The number of amides is 1. The molecule has 0 spiro atoms. The normalized spacial score (nSPS) is 21.4. The van der Waals surface area contributed by atoms with Crippen LogP contribution in [0.1, 0.15) is 39.5 Å². The summed E-state index contributed by atoms with van der Waals surface area (Å²) in [6.45, 7) is 4.80. The monoisotopic (exact) mass is 264 g/mol. The largest absolute Gasteiger partial charge is 0.370 e. The summed E-state index contributed by atoms with van der Waals surface area (Å²) in [6.07, 6.45) is 3.94. The molecule has 1 fully saturated rings. The van der Waals surface area contributed by atoms with E-state index in [9.17, 15) is 4.79 Å². The van der Waals surface area contributed by atoms with E-state index in [2.05, 4.69) is 19.2 Å². The molecule has 1 atom stereocenters. The van der Waals surface area contributed by atoms with E-state index >= 15 is 0 Å². The van der Waals surface area contributed by atoms with Crippen molar-refractivity contribution in [3.8, 4) is 0 Å². The maximum absolute atomic E-state index is 11.7. The molecular formula is C12H25ClN2O2. The van der Waals surface area contributed by atoms with Gasteiger partial charge in [0, 0.05) is 19.7 Å². The Kier molecular flexibility index (Phi) is 7.05. The summed E-state index contributed by atoms with van der Waals surface area (Å²) in [5, 5.41) is 3.01. The van der Waals surface area contributed by atoms with E-state index in [1.165, 1.54) is 7.11 Å². The Balaban J connectivity index is 0.00000256. The standard InChI is InChI=1S/C12H24N2O2.ClH/c1-12(2)6-4-9(5-7-12)14-11(15)10(8-13)16-3;/h9-10H,4-8,13H2,1-3H3,(H,14,15);1H. The van der Waals surface area contributed by atoms with Gasteiger partial charge in [0.1, 0.15) is 6.10 Å². The van der Waals surface area contributed by atoms with Crippen LogP contribution in [0.25, 0.3) is 0 Å². The highest BCUT2D eigenvalue weighted by Gasteiger charge is 2.28. The summed E-state index contributed by atoms with van der Waals surface area (Å²) in [7, 11) is 1.51. The van der Waals surface area contributed by atoms with Crippen LogP contribution in [0.5, 0.6) is 0 Å². The van der Waals surface area contributed by atoms with Crippen LogP contribution in [0.15, 0.2) is 0 Å². The number of carbonyl (C=O) groups is 1. The molecule has 1 aliphatic rings. The molecule has 1 rings (SSSR count). The summed E-state index contributed by atoms with van der Waals surface area (Å²) in [5.41, 5.74) is 5.87. The summed E-state index contributed by atoms with van der Waals surface area (Å²) in [5.74, 6) is -0.0743. The molecule has 1 aliphatic carbocycles. The number of carbonyl (C=O) groups excluding carboxylic acids is 1. The molecule has 0 heterocycles. The second-order valence-electron chi connectivity index (χ2n) is 5.41. The Labute approximate surface area is 110 Å². The van der Waals surface area contributed by atoms with E-state index in [1.54, 1.807) is 0 Å². The molecule has 1 unspecified atom stereocenters. The topological polar surface area (TPSA) is 64.3 Å². The van der Waals surface area contributed by atoms with Crippen molar-refractivity contribution in [1.82, 2.24) is 5.32 Å². The predicted octanol–water partition coefficient (Wildman–Crippen LogP) is 1.47. The second-order valence-corrected chi connectivity index (χ2v) is 5.41. The van der Waals surface area contributed by atoms with Gasteiger partial charge in [-0.25, -0.2) is 0 Å². The highest BCUT2D eigenvalue weighted by atomic mass is 35.5. The molecule has 0 aliphatic heterocycles. The van der Waals surface area contributed by atoms with Crippen LogP contribution in [-0.4, -0.2) is 31.7 Å². The van der Waals surface area contributed by atoms with Crippen molar-refractivity contribution in [3.63, 3.8) is 0 Å². The lowest BCUT2D eigenvalue weighted by Crippen LogP contribution is -2.46. The lowest BCUT2D eigenvalue weighted by molar-refractivity contribution is -0.131. The number of methoxy groups -OCH3 is 1. The lowest BCUT2D eigenvalue weighted by Gasteiger charge is -2.35. The zero-order valence-corrected chi connectivity index (χ0v) is 11.8. The number of nitrogens with two attached hydrogens (primary N) is 1. The fraction of sp³-hybridized carbons (Fsp3) is 0.917. The van der Waals surface area contributed by atoms with Crippen molar-refractivity contribution >= 4 is 18.3 Å². The van der Waals surface area contributed by atoms with Crippen LogP contribution < -0.4 is 11.1 Å². The first-order valence-corrected chi connectivity index (χ1v) is 6.02. The molecular weight excluding hydrogens is 240 g/mol. The first-order chi connectivity index (χ1) is 7.48. The van der Waals surface area contributed by atoms with Crippen LogP contribution in [0.2, 0.25) is 0 Å². The molecule has 0 aromatic carbocycles. The highest BCUT2D eigenvalue weighted by Crippen LogP contribution is 2.34. The predicted molar refractivity (Wildman–Crippen MR) is 71.3 cm³/mol. The molecule has 4 nitrogen and oxygen atoms in total. The van der Waals surface area contributed by atoms with Crippen LogP contribution in [-0.2, 0) is 9.53 Å². The molecule has 17 heavy (non-hydrogen) atoms. The van der Waals surface area contributed by atoms with Crippen molar-refractivity contribution in [2.75, 3.05) is 13.7 Å². The van der Waals surface area contributed by atoms with Gasteiger partial charge in [-0.1, -0.05) is 13.8 Å². The van der Waals surface area contributed by atoms with Crippen LogP contribution in [0.4, 0.5) is 0 Å². The zero-order chi connectivity index (χ0) is 12.2. The van der Waals surface area contributed by atoms with E-state index in [0.717, 1.165) is 25.7 Å². The van der Waals surface area contributed by atoms with Crippen molar-refractivity contribution in [2.24, 2.45) is 11.1 Å². The summed E-state index contributed by atoms with van der Waals surface area (Å²) < 4.78 is 5.01. The van der Waals surface area contributed by atoms with Crippen molar-refractivity contribution < 1.29 is 9.53 Å². The third kappa shape index (κ3) is 5.23. The Morgan fingerprint density at radius 3 is 2.41 bits per heavy atom. The third-order valence-electron chi connectivity index (χ3n) is 3.48. The number of hydrogen-bond donors (Lipinski definition) is 2. The summed E-state index contributed by atoms with van der Waals surface area (Å²) >= 11 is 0. The fourth-order valence-corrected chi connectivity index (χ4v) is 2.15. The molecule has 1 amide bonds. The average Bonchev–Trinajstić information content (AvgIpc) is 2.23. The Morgan fingerprint density at radius 2 is 2.00 bits per heavy atom. The van der Waals surface area contributed by atoms with Gasteiger partial charge < -0.3 is 15.8 Å². The summed E-state index contributed by atoms with van der Waals surface area (Å²) in [6, 6.07) is 0.296. The summed E-state index contributed by atoms with van der Waals surface area (Å²) in [4.78, 5) is 11.7. The van der Waals surface area contributed by atoms with E-state index in [-0.39, 0.29) is 24.9 Å². The zero-order valence-electron chi connectivity index (χ0n) is 11.0. The molecule has 0 saturated heterocycles. The SMILES string of the molecule is COC(CN)C(=O)NC1CCC(C)(C)CC1.Cl. The number of hydrogen-bond acceptors (Lipinski definition) is 3. The number of nitrogens with one attached hydrogen (secondary N) is 1. The smallest absolute Gasteiger partial charge is 0.250 e. The first kappa shape index (κ1) is 16.7. The van der Waals surface area contributed by atoms with Gasteiger partial charge in [0.2, 0.25) is 0 Å². The molecule has 3 N–H and O–H groups in total. The van der Waals surface area contributed by atoms with Gasteiger partial charge in [-0.2, -0.15) is 0 Å². The molecule has 0 aromatic rings. The van der Waals surface area contributed by atoms with E-state index in [0.29, 0.717) is 11.5 Å². The van der Waals surface area contributed by atoms with Gasteiger partial charge in [0.25, 0.3) is 5.91 Å². The Bertz CT molecular complexity index is 233. The van der Waals surface area contributed by atoms with Gasteiger partial charge in [-0.3, -0.25) is 4.79 Å². The minimum atomic E-state index is -0.505. The van der Waals surface area contributed by atoms with Gasteiger partial charge in [-0.05, 0) is 31.1 Å². The Hall–Kier alpha value is -0.320. The quantitative estimate of drug-likeness (QED) is 0.808. The van der Waals surface area contributed by atoms with E-state index < -0.39 is 6.10 Å². The molecule has 1 saturated carbocycles. The van der Waals surface area contributed by atoms with Crippen molar-refractivity contribution in [1.29, 1.82) is 0 Å². The minimum absolute atomic E-state index is 0. The van der Waals surface area contributed by atoms with Gasteiger partial charge in [0.05, 0.1) is 0 Å². The maximum Gasteiger partial charge on any atom is 0.250 e. The number of ether oxygens (including phenoxy) is 1. The van der Waals surface area contributed by atoms with E-state index in [4.69, 9.17) is 10.5 Å². The van der Waals surface area contributed by atoms with Crippen LogP contribution >= 0.6 is 12.4 Å². The maximum atomic E-state index is 11.7. The Morgan fingerprint density at radius 1 is 1.47 bits per heavy atom. The van der Waals surface area contributed by atoms with Gasteiger partial charge >= 0.3 is 0 Å². The fourth-order valence-electron chi connectivity index (χ4n) is 2.15. The molecule has 5 heteroatoms. The minimum Gasteiger partial charge on any atom is -0.370 e. The molecule has 102 valence electrons. The lowest BCUT2D eigenvalue weighted by atomic mass is 9.75. The van der Waals surface area contributed by atoms with E-state index in [1.807, 2.05) is 0 Å². The highest BCUT2D eigenvalue weighted by molar-refractivity contribution is 5.85. The van der Waals surface area contributed by atoms with Crippen molar-refractivity contribution in [3.05, 3.63) is 0 Å². The molecule has 0 bridgehead atoms.